The van der Waals surface area contributed by atoms with Crippen LogP contribution in [-0.2, 0) is 6.42 Å². The molecule has 0 spiro atoms. The van der Waals surface area contributed by atoms with Crippen molar-refractivity contribution in [3.63, 3.8) is 0 Å². The van der Waals surface area contributed by atoms with E-state index in [-0.39, 0.29) is 6.42 Å². The van der Waals surface area contributed by atoms with E-state index in [0.29, 0.717) is 16.9 Å². The number of ether oxygens (including phenoxy) is 1. The topological polar surface area (TPSA) is 59.7 Å². The number of rotatable bonds is 0. The number of hydrogen-bond acceptors (Lipinski definition) is 4. The first-order valence-electron chi connectivity index (χ1n) is 4.65. The molecule has 1 N–H and O–H groups in total. The van der Waals surface area contributed by atoms with E-state index in [1.807, 2.05) is 6.07 Å². The highest BCUT2D eigenvalue weighted by molar-refractivity contribution is 5.84. The Morgan fingerprint density at radius 3 is 3.00 bits per heavy atom. The second-order valence-corrected chi connectivity index (χ2v) is 3.47. The predicted octanol–water partition coefficient (Wildman–Crippen LogP) is 1.05. The first kappa shape index (κ1) is 8.49. The highest BCUT2D eigenvalue weighted by Gasteiger charge is 2.27. The van der Waals surface area contributed by atoms with Gasteiger partial charge in [0.1, 0.15) is 11.3 Å². The molecule has 0 saturated heterocycles. The molecule has 3 rings (SSSR count). The largest absolute Gasteiger partial charge is 0.463 e. The zero-order valence-corrected chi connectivity index (χ0v) is 7.77. The summed E-state index contributed by atoms with van der Waals surface area (Å²) in [5.74, 6) is 0.453. The molecule has 1 atom stereocenters. The van der Waals surface area contributed by atoms with Crippen LogP contribution in [0.25, 0.3) is 11.0 Å². The fourth-order valence-corrected chi connectivity index (χ4v) is 1.82. The summed E-state index contributed by atoms with van der Waals surface area (Å²) in [7, 11) is 0. The Hall–Kier alpha value is -1.81. The highest BCUT2D eigenvalue weighted by atomic mass is 16.6. The van der Waals surface area contributed by atoms with Gasteiger partial charge in [0.2, 0.25) is 6.29 Å². The van der Waals surface area contributed by atoms with Crippen LogP contribution in [0.2, 0.25) is 0 Å². The lowest BCUT2D eigenvalue weighted by molar-refractivity contribution is 0.00300. The molecule has 2 aromatic rings. The maximum atomic E-state index is 11.5. The van der Waals surface area contributed by atoms with Gasteiger partial charge in [-0.3, -0.25) is 0 Å². The second-order valence-electron chi connectivity index (χ2n) is 3.47. The van der Waals surface area contributed by atoms with E-state index >= 15 is 0 Å². The zero-order valence-electron chi connectivity index (χ0n) is 7.77. The molecule has 0 fully saturated rings. The molecule has 1 aliphatic heterocycles. The maximum absolute atomic E-state index is 11.5. The van der Waals surface area contributed by atoms with Crippen molar-refractivity contribution in [3.05, 3.63) is 40.2 Å². The Balaban J connectivity index is 2.43. The lowest BCUT2D eigenvalue weighted by Crippen LogP contribution is -2.11. The van der Waals surface area contributed by atoms with E-state index in [1.54, 1.807) is 18.2 Å². The van der Waals surface area contributed by atoms with E-state index in [0.717, 1.165) is 5.39 Å². The molecule has 0 radical (unpaired) electrons. The number of aliphatic hydroxyl groups excluding tert-OH is 1. The van der Waals surface area contributed by atoms with Crippen molar-refractivity contribution >= 4 is 11.0 Å². The van der Waals surface area contributed by atoms with Crippen LogP contribution in [0, 0.1) is 0 Å². The van der Waals surface area contributed by atoms with E-state index in [2.05, 4.69) is 0 Å². The smallest absolute Gasteiger partial charge is 0.343 e. The van der Waals surface area contributed by atoms with Crippen LogP contribution < -0.4 is 10.4 Å². The predicted molar refractivity (Wildman–Crippen MR) is 52.8 cm³/mol. The van der Waals surface area contributed by atoms with Gasteiger partial charge in [0, 0.05) is 6.42 Å². The van der Waals surface area contributed by atoms with Crippen LogP contribution in [0.1, 0.15) is 5.56 Å². The van der Waals surface area contributed by atoms with Crippen molar-refractivity contribution in [2.24, 2.45) is 0 Å². The summed E-state index contributed by atoms with van der Waals surface area (Å²) >= 11 is 0. The van der Waals surface area contributed by atoms with Crippen LogP contribution in [-0.4, -0.2) is 11.4 Å². The van der Waals surface area contributed by atoms with Gasteiger partial charge in [0.25, 0.3) is 0 Å². The third-order valence-corrected chi connectivity index (χ3v) is 2.49. The van der Waals surface area contributed by atoms with Gasteiger partial charge in [0.05, 0.1) is 10.9 Å². The summed E-state index contributed by atoms with van der Waals surface area (Å²) in [6, 6.07) is 7.11. The monoisotopic (exact) mass is 204 g/mol. The summed E-state index contributed by atoms with van der Waals surface area (Å²) in [6.45, 7) is 0. The lowest BCUT2D eigenvalue weighted by atomic mass is 10.1. The van der Waals surface area contributed by atoms with Crippen LogP contribution >= 0.6 is 0 Å². The molecule has 2 heterocycles. The first-order chi connectivity index (χ1) is 7.25. The highest BCUT2D eigenvalue weighted by Crippen LogP contribution is 2.32. The summed E-state index contributed by atoms with van der Waals surface area (Å²) in [5.41, 5.74) is 0.469. The van der Waals surface area contributed by atoms with Gasteiger partial charge in [-0.1, -0.05) is 12.1 Å². The molecule has 1 aromatic heterocycles. The minimum absolute atomic E-state index is 0.197. The Kier molecular flexibility index (Phi) is 1.61. The molecular weight excluding hydrogens is 196 g/mol. The van der Waals surface area contributed by atoms with Gasteiger partial charge in [0.15, 0.2) is 0 Å². The molecule has 15 heavy (non-hydrogen) atoms. The van der Waals surface area contributed by atoms with Gasteiger partial charge in [-0.15, -0.1) is 0 Å². The van der Waals surface area contributed by atoms with Gasteiger partial charge in [-0.05, 0) is 12.1 Å². The minimum atomic E-state index is -0.936. The van der Waals surface area contributed by atoms with Crippen LogP contribution in [0.3, 0.4) is 0 Å². The standard InChI is InChI=1S/C11H8O4/c12-9-5-7-10(15-9)6-3-1-2-4-8(6)14-11(7)13/h1-4,9,12H,5H2. The normalized spacial score (nSPS) is 18.9. The molecule has 0 bridgehead atoms. The van der Waals surface area contributed by atoms with E-state index in [4.69, 9.17) is 9.15 Å². The van der Waals surface area contributed by atoms with Crippen LogP contribution in [0.4, 0.5) is 0 Å². The van der Waals surface area contributed by atoms with Crippen molar-refractivity contribution in [2.75, 3.05) is 0 Å². The maximum Gasteiger partial charge on any atom is 0.343 e. The summed E-state index contributed by atoms with van der Waals surface area (Å²) in [4.78, 5) is 11.5. The Labute approximate surface area is 84.7 Å². The number of hydrogen-bond donors (Lipinski definition) is 1. The molecule has 1 aliphatic rings. The van der Waals surface area contributed by atoms with Crippen molar-refractivity contribution in [3.8, 4) is 5.75 Å². The summed E-state index contributed by atoms with van der Waals surface area (Å²) in [6.07, 6.45) is -0.739. The summed E-state index contributed by atoms with van der Waals surface area (Å²) in [5, 5.41) is 10.1. The number of para-hydroxylation sites is 1. The number of benzene rings is 1. The van der Waals surface area contributed by atoms with E-state index in [1.165, 1.54) is 0 Å². The van der Waals surface area contributed by atoms with Crippen LogP contribution in [0.15, 0.2) is 33.5 Å². The third-order valence-electron chi connectivity index (χ3n) is 2.49. The Bertz CT molecular complexity index is 585. The fraction of sp³-hybridized carbons (Fsp3) is 0.182. The average Bonchev–Trinajstić information content (AvgIpc) is 2.61. The second kappa shape index (κ2) is 2.84. The van der Waals surface area contributed by atoms with Crippen molar-refractivity contribution in [1.82, 2.24) is 0 Å². The summed E-state index contributed by atoms with van der Waals surface area (Å²) < 4.78 is 10.3. The Morgan fingerprint density at radius 1 is 1.33 bits per heavy atom. The number of aliphatic hydroxyl groups is 1. The lowest BCUT2D eigenvalue weighted by Gasteiger charge is -2.03. The molecule has 4 nitrogen and oxygen atoms in total. The molecule has 1 aromatic carbocycles. The SMILES string of the molecule is O=c1oc2ccccc2c2c1CC(O)O2. The van der Waals surface area contributed by atoms with Crippen molar-refractivity contribution in [1.29, 1.82) is 0 Å². The van der Waals surface area contributed by atoms with Gasteiger partial charge >= 0.3 is 5.63 Å². The Morgan fingerprint density at radius 2 is 2.13 bits per heavy atom. The molecule has 0 aliphatic carbocycles. The average molecular weight is 204 g/mol. The van der Waals surface area contributed by atoms with Gasteiger partial charge in [-0.2, -0.15) is 0 Å². The first-order valence-corrected chi connectivity index (χ1v) is 4.65. The van der Waals surface area contributed by atoms with Crippen molar-refractivity contribution < 1.29 is 14.3 Å². The minimum Gasteiger partial charge on any atom is -0.463 e. The molecule has 0 amide bonds. The molecular formula is C11H8O4. The quantitative estimate of drug-likeness (QED) is 0.651. The van der Waals surface area contributed by atoms with E-state index in [9.17, 15) is 9.90 Å². The fourth-order valence-electron chi connectivity index (χ4n) is 1.82. The molecule has 4 heteroatoms. The molecule has 1 unspecified atom stereocenters. The third kappa shape index (κ3) is 1.15. The van der Waals surface area contributed by atoms with Gasteiger partial charge < -0.3 is 14.3 Å². The number of fused-ring (bicyclic) bond motifs is 3. The zero-order chi connectivity index (χ0) is 10.4. The van der Waals surface area contributed by atoms with Gasteiger partial charge in [-0.25, -0.2) is 4.79 Å². The molecule has 0 saturated carbocycles. The van der Waals surface area contributed by atoms with Crippen molar-refractivity contribution in [2.45, 2.75) is 12.7 Å². The molecule has 76 valence electrons. The van der Waals surface area contributed by atoms with E-state index < -0.39 is 11.9 Å². The van der Waals surface area contributed by atoms with Crippen LogP contribution in [0.5, 0.6) is 5.75 Å².